The number of pyridine rings is 1. The number of fused-ring (bicyclic) bond motifs is 3. The van der Waals surface area contributed by atoms with E-state index in [9.17, 15) is 0 Å². The molecule has 3 atom stereocenters. The quantitative estimate of drug-likeness (QED) is 0.733. The van der Waals surface area contributed by atoms with Gasteiger partial charge in [0.05, 0.1) is 42.7 Å². The van der Waals surface area contributed by atoms with Crippen LogP contribution in [-0.4, -0.2) is 76.1 Å². The number of H-pyrrole nitrogens is 1. The van der Waals surface area contributed by atoms with E-state index in [-0.39, 0.29) is 0 Å². The van der Waals surface area contributed by atoms with Gasteiger partial charge in [0.2, 0.25) is 0 Å². The Labute approximate surface area is 162 Å². The van der Waals surface area contributed by atoms with E-state index in [4.69, 9.17) is 14.5 Å². The predicted octanol–water partition coefficient (Wildman–Crippen LogP) is 1.35. The van der Waals surface area contributed by atoms with Crippen LogP contribution in [0.2, 0.25) is 0 Å². The van der Waals surface area contributed by atoms with E-state index >= 15 is 0 Å². The Morgan fingerprint density at radius 3 is 2.82 bits per heavy atom. The van der Waals surface area contributed by atoms with Crippen molar-refractivity contribution in [3.63, 3.8) is 0 Å². The van der Waals surface area contributed by atoms with Gasteiger partial charge in [-0.1, -0.05) is 0 Å². The van der Waals surface area contributed by atoms with E-state index in [1.807, 2.05) is 16.9 Å². The summed E-state index contributed by atoms with van der Waals surface area (Å²) in [7, 11) is 0. The van der Waals surface area contributed by atoms with Crippen LogP contribution in [0.4, 0.5) is 11.5 Å². The molecule has 3 aromatic rings. The maximum atomic E-state index is 5.82. The van der Waals surface area contributed by atoms with Gasteiger partial charge in [-0.25, -0.2) is 4.98 Å². The molecule has 1 N–H and O–H groups in total. The van der Waals surface area contributed by atoms with Crippen molar-refractivity contribution in [2.45, 2.75) is 31.6 Å². The topological polar surface area (TPSA) is 84.3 Å². The molecule has 7 heterocycles. The van der Waals surface area contributed by atoms with E-state index in [0.717, 1.165) is 67.6 Å². The van der Waals surface area contributed by atoms with Crippen LogP contribution in [0.15, 0.2) is 24.5 Å². The Kier molecular flexibility index (Phi) is 3.60. The van der Waals surface area contributed by atoms with Gasteiger partial charge >= 0.3 is 0 Å². The van der Waals surface area contributed by atoms with E-state index in [1.165, 1.54) is 0 Å². The van der Waals surface area contributed by atoms with Gasteiger partial charge in [0.25, 0.3) is 0 Å². The summed E-state index contributed by atoms with van der Waals surface area (Å²) in [6.45, 7) is 6.31. The van der Waals surface area contributed by atoms with E-state index in [0.29, 0.717) is 18.2 Å². The van der Waals surface area contributed by atoms with E-state index < -0.39 is 0 Å². The Hall–Kier alpha value is -2.65. The van der Waals surface area contributed by atoms with Crippen molar-refractivity contribution in [2.75, 3.05) is 42.6 Å². The molecule has 4 aliphatic rings. The number of hydrogen-bond donors (Lipinski definition) is 1. The number of anilines is 2. The third kappa shape index (κ3) is 2.50. The van der Waals surface area contributed by atoms with Crippen molar-refractivity contribution >= 4 is 22.5 Å². The van der Waals surface area contributed by atoms with Crippen LogP contribution >= 0.6 is 0 Å². The zero-order valence-corrected chi connectivity index (χ0v) is 15.8. The van der Waals surface area contributed by atoms with Gasteiger partial charge in [-0.2, -0.15) is 14.9 Å². The molecule has 0 aromatic carbocycles. The summed E-state index contributed by atoms with van der Waals surface area (Å²) >= 11 is 0. The molecule has 9 heteroatoms. The number of aromatic amines is 1. The Balaban J connectivity index is 1.50. The molecular formula is C19H23N7O2. The number of morpholine rings is 2. The van der Waals surface area contributed by atoms with Gasteiger partial charge in [-0.15, -0.1) is 0 Å². The van der Waals surface area contributed by atoms with Crippen molar-refractivity contribution in [3.8, 4) is 5.82 Å². The second kappa shape index (κ2) is 6.18. The first-order valence-corrected chi connectivity index (χ1v) is 9.90. The lowest BCUT2D eigenvalue weighted by Gasteiger charge is -2.47. The van der Waals surface area contributed by atoms with Crippen molar-refractivity contribution in [2.24, 2.45) is 0 Å². The highest BCUT2D eigenvalue weighted by atomic mass is 16.5. The average Bonchev–Trinajstić information content (AvgIpc) is 3.37. The Morgan fingerprint density at radius 1 is 1.21 bits per heavy atom. The number of hydrogen-bond acceptors (Lipinski definition) is 7. The molecule has 0 spiro atoms. The second-order valence-electron chi connectivity index (χ2n) is 7.86. The highest BCUT2D eigenvalue weighted by Gasteiger charge is 2.39. The van der Waals surface area contributed by atoms with Crippen molar-refractivity contribution < 1.29 is 9.47 Å². The SMILES string of the molecule is CC1COCCN1c1cc(N2CC3CC(C2)O3)nc2c1cnn2-c1cc[nH]n1. The molecule has 28 heavy (non-hydrogen) atoms. The normalized spacial score (nSPS) is 27.2. The van der Waals surface area contributed by atoms with Crippen LogP contribution in [0.1, 0.15) is 13.3 Å². The number of nitrogens with zero attached hydrogens (tertiary/aromatic N) is 6. The van der Waals surface area contributed by atoms with Crippen molar-refractivity contribution in [3.05, 3.63) is 24.5 Å². The Morgan fingerprint density at radius 2 is 2.07 bits per heavy atom. The summed E-state index contributed by atoms with van der Waals surface area (Å²) in [6, 6.07) is 4.42. The molecule has 3 unspecified atom stereocenters. The lowest BCUT2D eigenvalue weighted by Crippen LogP contribution is -2.57. The summed E-state index contributed by atoms with van der Waals surface area (Å²) in [5, 5.41) is 12.8. The van der Waals surface area contributed by atoms with Crippen LogP contribution in [-0.2, 0) is 9.47 Å². The zero-order valence-electron chi connectivity index (χ0n) is 15.8. The lowest BCUT2D eigenvalue weighted by atomic mass is 9.99. The molecule has 4 fully saturated rings. The summed E-state index contributed by atoms with van der Waals surface area (Å²) < 4.78 is 13.3. The molecule has 4 aliphatic heterocycles. The van der Waals surface area contributed by atoms with Crippen LogP contribution in [0.25, 0.3) is 16.9 Å². The molecule has 0 aliphatic carbocycles. The van der Waals surface area contributed by atoms with Crippen molar-refractivity contribution in [1.82, 2.24) is 25.0 Å². The summed E-state index contributed by atoms with van der Waals surface area (Å²) in [4.78, 5) is 9.77. The lowest BCUT2D eigenvalue weighted by molar-refractivity contribution is -0.133. The van der Waals surface area contributed by atoms with Crippen LogP contribution in [0.5, 0.6) is 0 Å². The minimum Gasteiger partial charge on any atom is -0.377 e. The maximum Gasteiger partial charge on any atom is 0.177 e. The summed E-state index contributed by atoms with van der Waals surface area (Å²) in [5.41, 5.74) is 2.00. The van der Waals surface area contributed by atoms with Gasteiger partial charge in [-0.3, -0.25) is 5.10 Å². The van der Waals surface area contributed by atoms with Gasteiger partial charge in [0, 0.05) is 50.4 Å². The molecule has 0 amide bonds. The molecular weight excluding hydrogens is 358 g/mol. The zero-order chi connectivity index (χ0) is 18.7. The highest BCUT2D eigenvalue weighted by Crippen LogP contribution is 2.36. The molecule has 9 nitrogen and oxygen atoms in total. The molecule has 0 saturated carbocycles. The van der Waals surface area contributed by atoms with Crippen molar-refractivity contribution in [1.29, 1.82) is 0 Å². The van der Waals surface area contributed by atoms with Crippen LogP contribution in [0.3, 0.4) is 0 Å². The highest BCUT2D eigenvalue weighted by molar-refractivity contribution is 5.92. The van der Waals surface area contributed by atoms with Crippen LogP contribution in [0, 0.1) is 0 Å². The minimum absolute atomic E-state index is 0.305. The van der Waals surface area contributed by atoms with E-state index in [2.05, 4.69) is 38.1 Å². The predicted molar refractivity (Wildman–Crippen MR) is 104 cm³/mol. The second-order valence-corrected chi connectivity index (χ2v) is 7.86. The van der Waals surface area contributed by atoms with Crippen LogP contribution < -0.4 is 9.80 Å². The number of piperidine rings is 1. The average molecular weight is 381 g/mol. The summed E-state index contributed by atoms with van der Waals surface area (Å²) in [6.07, 6.45) is 5.52. The molecule has 3 aromatic heterocycles. The third-order valence-corrected chi connectivity index (χ3v) is 5.97. The first kappa shape index (κ1) is 16.3. The smallest absolute Gasteiger partial charge is 0.177 e. The maximum absolute atomic E-state index is 5.82. The molecule has 4 saturated heterocycles. The van der Waals surface area contributed by atoms with Gasteiger partial charge in [0.15, 0.2) is 11.5 Å². The third-order valence-electron chi connectivity index (χ3n) is 5.97. The molecule has 0 radical (unpaired) electrons. The number of nitrogens with one attached hydrogen (secondary N) is 1. The van der Waals surface area contributed by atoms with E-state index in [1.54, 1.807) is 6.20 Å². The monoisotopic (exact) mass is 381 g/mol. The standard InChI is InChI=1S/C19H23N7O2/c1-12-11-27-5-4-25(12)16-7-18(24-9-13-6-14(10-24)28-13)22-19-15(16)8-21-26(19)17-2-3-20-23-17/h2-3,7-8,12-14H,4-6,9-11H2,1H3,(H,20,23). The fraction of sp³-hybridized carbons (Fsp3) is 0.526. The number of ether oxygens (including phenoxy) is 2. The van der Waals surface area contributed by atoms with Gasteiger partial charge < -0.3 is 19.3 Å². The first-order valence-electron chi connectivity index (χ1n) is 9.90. The largest absolute Gasteiger partial charge is 0.377 e. The number of aromatic nitrogens is 5. The molecule has 7 rings (SSSR count). The fourth-order valence-corrected chi connectivity index (χ4v) is 4.54. The van der Waals surface area contributed by atoms with Gasteiger partial charge in [0.1, 0.15) is 5.82 Å². The molecule has 2 bridgehead atoms. The first-order chi connectivity index (χ1) is 13.8. The molecule has 146 valence electrons. The van der Waals surface area contributed by atoms with Gasteiger partial charge in [-0.05, 0) is 6.92 Å². The minimum atomic E-state index is 0.305. The summed E-state index contributed by atoms with van der Waals surface area (Å²) in [5.74, 6) is 1.72. The Bertz CT molecular complexity index is 985. The number of rotatable bonds is 3. The fourth-order valence-electron chi connectivity index (χ4n) is 4.54.